The number of fused-ring (bicyclic) bond motifs is 1. The van der Waals surface area contributed by atoms with Gasteiger partial charge in [-0.3, -0.25) is 9.47 Å². The predicted octanol–water partition coefficient (Wildman–Crippen LogP) is 12.0. The number of hydrogen-bond acceptors (Lipinski definition) is 7. The van der Waals surface area contributed by atoms with E-state index in [9.17, 15) is 18.4 Å². The maximum Gasteiger partial charge on any atom is 0.419 e. The van der Waals surface area contributed by atoms with Gasteiger partial charge in [-0.25, -0.2) is 18.4 Å². The van der Waals surface area contributed by atoms with Crippen molar-refractivity contribution in [1.29, 1.82) is 0 Å². The number of carbonyl (C=O) groups excluding carboxylic acids is 2. The van der Waals surface area contributed by atoms with Crippen molar-refractivity contribution in [2.24, 2.45) is 5.41 Å². The molecule has 53 heavy (non-hydrogen) atoms. The number of likely N-dealkylation sites (tertiary alicyclic amines) is 1. The molecule has 0 amide bonds. The smallest absolute Gasteiger partial charge is 0.419 e. The molecule has 0 bridgehead atoms. The maximum atomic E-state index is 14.3. The molecule has 2 aromatic carbocycles. The Hall–Kier alpha value is -3.66. The number of anilines is 1. The van der Waals surface area contributed by atoms with Crippen LogP contribution in [0.15, 0.2) is 36.5 Å². The summed E-state index contributed by atoms with van der Waals surface area (Å²) in [4.78, 5) is 28.0. The Morgan fingerprint density at radius 3 is 2.09 bits per heavy atom. The van der Waals surface area contributed by atoms with Gasteiger partial charge in [-0.15, -0.1) is 0 Å². The number of alkyl halides is 2. The summed E-state index contributed by atoms with van der Waals surface area (Å²) in [6.45, 7) is 24.6. The highest BCUT2D eigenvalue weighted by atomic mass is 19.3. The molecule has 2 heterocycles. The molecule has 1 aromatic heterocycles. The van der Waals surface area contributed by atoms with Gasteiger partial charge in [-0.1, -0.05) is 61.5 Å². The Morgan fingerprint density at radius 1 is 0.943 bits per heavy atom. The lowest BCUT2D eigenvalue weighted by Gasteiger charge is -2.55. The third-order valence-corrected chi connectivity index (χ3v) is 9.44. The number of rotatable bonds is 7. The predicted molar refractivity (Wildman–Crippen MR) is 214 cm³/mol. The van der Waals surface area contributed by atoms with Crippen LogP contribution in [0.4, 0.5) is 19.3 Å². The van der Waals surface area contributed by atoms with Gasteiger partial charge in [-0.2, -0.15) is 0 Å². The van der Waals surface area contributed by atoms with Crippen LogP contribution in [0, 0.1) is 12.3 Å². The zero-order chi connectivity index (χ0) is 40.3. The number of esters is 1. The molecule has 0 radical (unpaired) electrons. The third kappa shape index (κ3) is 11.0. The number of benzene rings is 2. The molecule has 3 fully saturated rings. The van der Waals surface area contributed by atoms with Crippen molar-refractivity contribution in [3.05, 3.63) is 58.8 Å². The van der Waals surface area contributed by atoms with Crippen molar-refractivity contribution < 1.29 is 32.6 Å². The minimum atomic E-state index is -2.63. The van der Waals surface area contributed by atoms with Crippen LogP contribution in [-0.2, 0) is 16.0 Å². The van der Waals surface area contributed by atoms with Crippen LogP contribution in [0.3, 0.4) is 0 Å². The quantitative estimate of drug-likeness (QED) is 0.241. The van der Waals surface area contributed by atoms with E-state index in [4.69, 9.17) is 14.2 Å². The third-order valence-electron chi connectivity index (χ3n) is 9.44. The highest BCUT2D eigenvalue weighted by Gasteiger charge is 2.58. The highest BCUT2D eigenvalue weighted by Crippen LogP contribution is 2.61. The molecule has 1 spiro atoms. The van der Waals surface area contributed by atoms with E-state index in [0.29, 0.717) is 43.3 Å². The summed E-state index contributed by atoms with van der Waals surface area (Å²) in [5.41, 5.74) is 3.74. The van der Waals surface area contributed by atoms with Gasteiger partial charge in [0, 0.05) is 54.3 Å². The first-order chi connectivity index (χ1) is 25.2. The van der Waals surface area contributed by atoms with Gasteiger partial charge in [0.15, 0.2) is 0 Å². The molecule has 3 aliphatic rings. The molecular weight excluding hydrogens is 676 g/mol. The zero-order valence-corrected chi connectivity index (χ0v) is 35.0. The average Bonchev–Trinajstić information content (AvgIpc) is 3.84. The zero-order valence-electron chi connectivity index (χ0n) is 35.0. The summed E-state index contributed by atoms with van der Waals surface area (Å²) in [5, 5.41) is 4.48. The van der Waals surface area contributed by atoms with Crippen molar-refractivity contribution in [3.8, 4) is 5.75 Å². The van der Waals surface area contributed by atoms with Gasteiger partial charge >= 0.3 is 12.1 Å². The van der Waals surface area contributed by atoms with Gasteiger partial charge in [0.05, 0.1) is 25.3 Å². The molecule has 8 nitrogen and oxygen atoms in total. The van der Waals surface area contributed by atoms with Crippen LogP contribution >= 0.6 is 0 Å². The number of aryl methyl sites for hydroxylation is 1. The van der Waals surface area contributed by atoms with E-state index in [-0.39, 0.29) is 18.9 Å². The van der Waals surface area contributed by atoms with Crippen LogP contribution < -0.4 is 10.1 Å². The summed E-state index contributed by atoms with van der Waals surface area (Å²) in [6, 6.07) is 9.54. The normalized spacial score (nSPS) is 18.2. The lowest BCUT2D eigenvalue weighted by molar-refractivity contribution is -0.186. The number of methoxy groups -OCH3 is 2. The Labute approximate surface area is 317 Å². The number of nitrogens with zero attached hydrogens (tertiary/aromatic N) is 2. The van der Waals surface area contributed by atoms with Crippen LogP contribution in [0.2, 0.25) is 0 Å². The average molecular weight is 744 g/mol. The van der Waals surface area contributed by atoms with Gasteiger partial charge in [0.1, 0.15) is 11.4 Å². The fourth-order valence-electron chi connectivity index (χ4n) is 7.28. The second-order valence-electron chi connectivity index (χ2n) is 14.2. The molecule has 2 aliphatic carbocycles. The topological polar surface area (TPSA) is 82.0 Å². The molecule has 1 atom stereocenters. The summed E-state index contributed by atoms with van der Waals surface area (Å²) < 4.78 is 46.8. The molecule has 1 aliphatic heterocycles. The van der Waals surface area contributed by atoms with E-state index in [0.717, 1.165) is 46.1 Å². The molecule has 10 heteroatoms. The van der Waals surface area contributed by atoms with E-state index in [1.165, 1.54) is 7.11 Å². The van der Waals surface area contributed by atoms with Crippen molar-refractivity contribution in [3.63, 3.8) is 0 Å². The summed E-state index contributed by atoms with van der Waals surface area (Å²) in [6.07, 6.45) is 4.40. The molecule has 2 saturated carbocycles. The van der Waals surface area contributed by atoms with Crippen LogP contribution in [-0.4, -0.2) is 59.9 Å². The fourth-order valence-corrected chi connectivity index (χ4v) is 7.28. The summed E-state index contributed by atoms with van der Waals surface area (Å²) in [5.74, 6) is -2.35. The Balaban J connectivity index is 0.00000114. The first-order valence-electron chi connectivity index (χ1n) is 19.7. The number of aromatic nitrogens is 1. The van der Waals surface area contributed by atoms with Crippen molar-refractivity contribution >= 4 is 28.7 Å². The Morgan fingerprint density at radius 2 is 1.57 bits per heavy atom. The van der Waals surface area contributed by atoms with Crippen molar-refractivity contribution in [2.45, 2.75) is 152 Å². The lowest BCUT2D eigenvalue weighted by atomic mass is 9.58. The number of piperidine rings is 1. The number of hydrogen-bond donors (Lipinski definition) is 1. The largest absolute Gasteiger partial charge is 0.496 e. The monoisotopic (exact) mass is 744 g/mol. The van der Waals surface area contributed by atoms with E-state index in [1.807, 2.05) is 107 Å². The molecule has 1 saturated heterocycles. The molecular formula is C43H67F2N3O5. The van der Waals surface area contributed by atoms with Gasteiger partial charge < -0.3 is 19.5 Å². The van der Waals surface area contributed by atoms with Crippen LogP contribution in [0.1, 0.15) is 148 Å². The standard InChI is InChI=1S/C35H43F2N3O5.4C2H6/c1-21-15-29(43-5)26(24-11-13-40(30(21)24)32(42)45-33(2,3)4)18-39-14-12-34(19-35(36,37)20-34)17-28(39)25-10-7-22(31(41)44-6)16-27(25)38-23-8-9-23;4*1-2/h7,10-11,13,15-16,23,28,38H,8-9,12,14,17-20H2,1-6H3;4*1-2H3. The number of carbonyl (C=O) groups is 2. The molecule has 298 valence electrons. The van der Waals surface area contributed by atoms with E-state index in [2.05, 4.69) is 10.2 Å². The van der Waals surface area contributed by atoms with E-state index in [1.54, 1.807) is 23.9 Å². The summed E-state index contributed by atoms with van der Waals surface area (Å²) in [7, 11) is 3.00. The van der Waals surface area contributed by atoms with Gasteiger partial charge in [-0.05, 0) is 101 Å². The molecule has 1 unspecified atom stereocenters. The van der Waals surface area contributed by atoms with Crippen molar-refractivity contribution in [2.75, 3.05) is 26.1 Å². The molecule has 3 aromatic rings. The minimum Gasteiger partial charge on any atom is -0.496 e. The SMILES string of the molecule is CC.CC.CC.CC.COC(=O)c1ccc(C2CC3(CCN2Cc2c(OC)cc(C)c4c2ccn4C(=O)OC(C)(C)C)CC(F)(F)C3)c(NC2CC2)c1. The van der Waals surface area contributed by atoms with E-state index >= 15 is 0 Å². The first kappa shape index (κ1) is 45.5. The van der Waals surface area contributed by atoms with E-state index < -0.39 is 29.0 Å². The second-order valence-corrected chi connectivity index (χ2v) is 14.2. The number of nitrogens with one attached hydrogen (secondary N) is 1. The van der Waals surface area contributed by atoms with Crippen LogP contribution in [0.5, 0.6) is 5.75 Å². The Bertz CT molecular complexity index is 1630. The van der Waals surface area contributed by atoms with Crippen molar-refractivity contribution in [1.82, 2.24) is 9.47 Å². The van der Waals surface area contributed by atoms with Gasteiger partial charge in [0.25, 0.3) is 0 Å². The minimum absolute atomic E-state index is 0.104. The number of halogens is 2. The fraction of sp³-hybridized carbons (Fsp3) is 0.628. The molecule has 1 N–H and O–H groups in total. The molecule has 6 rings (SSSR count). The van der Waals surface area contributed by atoms with Gasteiger partial charge in [0.2, 0.25) is 5.92 Å². The summed E-state index contributed by atoms with van der Waals surface area (Å²) >= 11 is 0. The Kier molecular flexibility index (Phi) is 16.8. The second kappa shape index (κ2) is 19.6. The van der Waals surface area contributed by atoms with Crippen LogP contribution in [0.25, 0.3) is 10.9 Å². The lowest BCUT2D eigenvalue weighted by Crippen LogP contribution is -2.53. The maximum absolute atomic E-state index is 14.3. The highest BCUT2D eigenvalue weighted by molar-refractivity contribution is 5.95. The number of ether oxygens (including phenoxy) is 3. The first-order valence-corrected chi connectivity index (χ1v) is 19.7.